The molecule has 3 heterocycles. The Kier molecular flexibility index (Phi) is 5.08. The van der Waals surface area contributed by atoms with Gasteiger partial charge in [0.2, 0.25) is 5.91 Å². The number of para-hydroxylation sites is 2. The highest BCUT2D eigenvalue weighted by Gasteiger charge is 2.51. The van der Waals surface area contributed by atoms with Crippen LogP contribution in [0.25, 0.3) is 11.1 Å². The number of fused-ring (bicyclic) bond motifs is 2. The van der Waals surface area contributed by atoms with Crippen LogP contribution in [0.15, 0.2) is 51.0 Å². The van der Waals surface area contributed by atoms with E-state index in [4.69, 9.17) is 14.2 Å². The van der Waals surface area contributed by atoms with Gasteiger partial charge in [0, 0.05) is 5.92 Å². The molecule has 1 fully saturated rings. The maximum absolute atomic E-state index is 13.6. The van der Waals surface area contributed by atoms with E-state index in [9.17, 15) is 4.79 Å². The molecule has 5 unspecified atom stereocenters. The molecule has 2 aliphatic heterocycles. The van der Waals surface area contributed by atoms with E-state index in [2.05, 4.69) is 45.2 Å². The zero-order valence-electron chi connectivity index (χ0n) is 19.5. The molecule has 1 amide bonds. The van der Waals surface area contributed by atoms with Crippen molar-refractivity contribution in [1.29, 1.82) is 0 Å². The first-order valence-corrected chi connectivity index (χ1v) is 12.2. The second-order valence-corrected chi connectivity index (χ2v) is 10.00. The third kappa shape index (κ3) is 3.54. The number of nitrogens with zero attached hydrogens (tertiary/aromatic N) is 3. The van der Waals surface area contributed by atoms with Crippen molar-refractivity contribution in [3.05, 3.63) is 36.4 Å². The fraction of sp³-hybridized carbons (Fsp3) is 0.520. The van der Waals surface area contributed by atoms with E-state index in [-0.39, 0.29) is 35.4 Å². The number of anilines is 1. The zero-order chi connectivity index (χ0) is 23.3. The molecule has 9 heteroatoms. The van der Waals surface area contributed by atoms with E-state index in [0.717, 1.165) is 37.6 Å². The van der Waals surface area contributed by atoms with Crippen molar-refractivity contribution >= 4 is 34.8 Å². The molecule has 6 rings (SSSR count). The predicted octanol–water partition coefficient (Wildman–Crippen LogP) is 3.56. The number of carbonyl (C=O) groups excluding carboxylic acids is 1. The molecule has 2 aromatic rings. The molecule has 178 valence electrons. The Labute approximate surface area is 198 Å². The maximum Gasteiger partial charge on any atom is 0.302 e. The van der Waals surface area contributed by atoms with Gasteiger partial charge in [-0.2, -0.15) is 4.98 Å². The SMILES string of the molecule is CC1CC=CC2C(NC(=O)C3C(C)N=C(Nc4nc5ccccc5o4)NC34CCCC4)=NOC12. The highest BCUT2D eigenvalue weighted by molar-refractivity contribution is 6.03. The predicted molar refractivity (Wildman–Crippen MR) is 129 cm³/mol. The minimum absolute atomic E-state index is 0.000952. The Hall–Kier alpha value is -3.36. The molecular formula is C25H30N6O3. The van der Waals surface area contributed by atoms with Gasteiger partial charge in [0.1, 0.15) is 11.6 Å². The van der Waals surface area contributed by atoms with Crippen LogP contribution in [0.4, 0.5) is 6.01 Å². The average molecular weight is 463 g/mol. The number of nitrogens with one attached hydrogen (secondary N) is 3. The lowest BCUT2D eigenvalue weighted by Crippen LogP contribution is -2.64. The van der Waals surface area contributed by atoms with Gasteiger partial charge in [0.05, 0.1) is 23.4 Å². The number of guanidine groups is 1. The maximum atomic E-state index is 13.6. The molecule has 1 aromatic heterocycles. The Balaban J connectivity index is 1.23. The standard InChI is InChI=1S/C25H30N6O3/c1-14-8-7-9-16-20(14)34-31-21(16)28-22(32)19-15(2)26-23(30-25(19)12-5-6-13-25)29-24-27-17-10-3-4-11-18(17)33-24/h3-4,7,9-11,14-16,19-20H,5-6,8,12-13H2,1-2H3,(H,28,31,32)(H2,26,27,29,30). The normalized spacial score (nSPS) is 31.4. The van der Waals surface area contributed by atoms with Crippen LogP contribution in [-0.4, -0.2) is 40.4 Å². The number of amidine groups is 1. The van der Waals surface area contributed by atoms with Crippen LogP contribution in [-0.2, 0) is 9.63 Å². The smallest absolute Gasteiger partial charge is 0.302 e. The Morgan fingerprint density at radius 1 is 1.21 bits per heavy atom. The fourth-order valence-corrected chi connectivity index (χ4v) is 6.03. The van der Waals surface area contributed by atoms with Gasteiger partial charge in [-0.25, -0.2) is 4.99 Å². The number of benzene rings is 1. The molecule has 3 N–H and O–H groups in total. The number of amides is 1. The number of aromatic nitrogens is 1. The quantitative estimate of drug-likeness (QED) is 0.588. The number of allylic oxidation sites excluding steroid dienone is 1. The molecule has 0 bridgehead atoms. The summed E-state index contributed by atoms with van der Waals surface area (Å²) >= 11 is 0. The first-order chi connectivity index (χ1) is 16.5. The summed E-state index contributed by atoms with van der Waals surface area (Å²) < 4.78 is 5.82. The second kappa shape index (κ2) is 8.14. The third-order valence-corrected chi connectivity index (χ3v) is 7.68. The number of carbonyl (C=O) groups is 1. The van der Waals surface area contributed by atoms with Crippen molar-refractivity contribution in [2.45, 2.75) is 63.6 Å². The minimum atomic E-state index is -0.380. The highest BCUT2D eigenvalue weighted by Crippen LogP contribution is 2.41. The Morgan fingerprint density at radius 2 is 2.03 bits per heavy atom. The molecule has 1 saturated carbocycles. The second-order valence-electron chi connectivity index (χ2n) is 10.00. The van der Waals surface area contributed by atoms with Crippen LogP contribution in [0.1, 0.15) is 46.0 Å². The molecule has 0 saturated heterocycles. The lowest BCUT2D eigenvalue weighted by atomic mass is 9.76. The summed E-state index contributed by atoms with van der Waals surface area (Å²) in [4.78, 5) is 28.6. The summed E-state index contributed by atoms with van der Waals surface area (Å²) in [6.07, 6.45) is 9.14. The lowest BCUT2D eigenvalue weighted by Gasteiger charge is -2.43. The van der Waals surface area contributed by atoms with Crippen molar-refractivity contribution in [2.75, 3.05) is 5.32 Å². The molecular weight excluding hydrogens is 432 g/mol. The van der Waals surface area contributed by atoms with Crippen LogP contribution in [0, 0.1) is 17.8 Å². The van der Waals surface area contributed by atoms with Gasteiger partial charge in [0.25, 0.3) is 0 Å². The summed E-state index contributed by atoms with van der Waals surface area (Å²) in [5.74, 6) is 1.19. The first kappa shape index (κ1) is 21.2. The first-order valence-electron chi connectivity index (χ1n) is 12.2. The number of oxime groups is 1. The Morgan fingerprint density at radius 3 is 2.85 bits per heavy atom. The van der Waals surface area contributed by atoms with Crippen molar-refractivity contribution in [3.8, 4) is 0 Å². The molecule has 4 aliphatic rings. The van der Waals surface area contributed by atoms with E-state index >= 15 is 0 Å². The average Bonchev–Trinajstić information content (AvgIpc) is 3.53. The van der Waals surface area contributed by atoms with Crippen molar-refractivity contribution < 1.29 is 14.0 Å². The van der Waals surface area contributed by atoms with Crippen LogP contribution in [0.5, 0.6) is 0 Å². The summed E-state index contributed by atoms with van der Waals surface area (Å²) in [6.45, 7) is 4.15. The van der Waals surface area contributed by atoms with Crippen molar-refractivity contribution in [2.24, 2.45) is 27.9 Å². The van der Waals surface area contributed by atoms with Crippen LogP contribution >= 0.6 is 0 Å². The van der Waals surface area contributed by atoms with Crippen LogP contribution in [0.2, 0.25) is 0 Å². The summed E-state index contributed by atoms with van der Waals surface area (Å²) in [5, 5.41) is 14.1. The van der Waals surface area contributed by atoms with Crippen molar-refractivity contribution in [3.63, 3.8) is 0 Å². The van der Waals surface area contributed by atoms with Crippen LogP contribution < -0.4 is 16.0 Å². The van der Waals surface area contributed by atoms with E-state index in [1.54, 1.807) is 0 Å². The van der Waals surface area contributed by atoms with Gasteiger partial charge < -0.3 is 19.9 Å². The Bertz CT molecular complexity index is 1160. The highest BCUT2D eigenvalue weighted by atomic mass is 16.6. The molecule has 9 nitrogen and oxygen atoms in total. The molecule has 1 spiro atoms. The lowest BCUT2D eigenvalue weighted by molar-refractivity contribution is -0.127. The largest absolute Gasteiger partial charge is 0.423 e. The van der Waals surface area contributed by atoms with Gasteiger partial charge in [-0.3, -0.25) is 10.1 Å². The summed E-state index contributed by atoms with van der Waals surface area (Å²) in [6, 6.07) is 7.79. The zero-order valence-corrected chi connectivity index (χ0v) is 19.5. The number of hydrogen-bond donors (Lipinski definition) is 3. The van der Waals surface area contributed by atoms with E-state index in [1.807, 2.05) is 31.2 Å². The van der Waals surface area contributed by atoms with Gasteiger partial charge in [-0.05, 0) is 38.3 Å². The van der Waals surface area contributed by atoms with Gasteiger partial charge in [-0.1, -0.05) is 49.2 Å². The number of rotatable bonds is 2. The van der Waals surface area contributed by atoms with E-state index < -0.39 is 0 Å². The van der Waals surface area contributed by atoms with Crippen LogP contribution in [0.3, 0.4) is 0 Å². The fourth-order valence-electron chi connectivity index (χ4n) is 6.03. The van der Waals surface area contributed by atoms with Gasteiger partial charge >= 0.3 is 6.01 Å². The van der Waals surface area contributed by atoms with Crippen molar-refractivity contribution in [1.82, 2.24) is 15.6 Å². The molecule has 34 heavy (non-hydrogen) atoms. The molecule has 0 radical (unpaired) electrons. The third-order valence-electron chi connectivity index (χ3n) is 7.68. The topological polar surface area (TPSA) is 113 Å². The number of oxazole rings is 1. The number of aliphatic imine (C=N–C) groups is 1. The summed E-state index contributed by atoms with van der Waals surface area (Å²) in [7, 11) is 0. The minimum Gasteiger partial charge on any atom is -0.423 e. The van der Waals surface area contributed by atoms with E-state index in [0.29, 0.717) is 29.3 Å². The van der Waals surface area contributed by atoms with Gasteiger partial charge in [-0.15, -0.1) is 0 Å². The number of hydrogen-bond acceptors (Lipinski definition) is 8. The van der Waals surface area contributed by atoms with E-state index in [1.165, 1.54) is 0 Å². The monoisotopic (exact) mass is 462 g/mol. The van der Waals surface area contributed by atoms with Gasteiger partial charge in [0.15, 0.2) is 17.4 Å². The molecule has 2 aliphatic carbocycles. The molecule has 5 atom stereocenters. The summed E-state index contributed by atoms with van der Waals surface area (Å²) in [5.41, 5.74) is 1.12. The molecule has 1 aromatic carbocycles.